The summed E-state index contributed by atoms with van der Waals surface area (Å²) in [6.07, 6.45) is -5.85. The standard InChI is InChI=1S/C9H7Cl2F4N.ClH/c10-4-1-2-5(12)7(8(4)11)6(16)3-9(13,14)15;/h1-2,6H,3,16H2;1H/t6-;/m0./s1. The van der Waals surface area contributed by atoms with Crippen LogP contribution in [0.1, 0.15) is 18.0 Å². The zero-order valence-corrected chi connectivity index (χ0v) is 10.5. The number of halogens is 7. The van der Waals surface area contributed by atoms with Gasteiger partial charge in [-0.2, -0.15) is 13.2 Å². The third-order valence-corrected chi connectivity index (χ3v) is 2.72. The first-order chi connectivity index (χ1) is 7.22. The Kier molecular flexibility index (Phi) is 6.01. The summed E-state index contributed by atoms with van der Waals surface area (Å²) in [6, 6.07) is 0.522. The van der Waals surface area contributed by atoms with Crippen LogP contribution in [-0.4, -0.2) is 6.18 Å². The smallest absolute Gasteiger partial charge is 0.324 e. The minimum absolute atomic E-state index is 0. The first-order valence-electron chi connectivity index (χ1n) is 4.18. The van der Waals surface area contributed by atoms with Gasteiger partial charge in [-0.3, -0.25) is 0 Å². The molecule has 1 atom stereocenters. The van der Waals surface area contributed by atoms with Crippen molar-refractivity contribution >= 4 is 35.6 Å². The van der Waals surface area contributed by atoms with Crippen LogP contribution >= 0.6 is 35.6 Å². The fraction of sp³-hybridized carbons (Fsp3) is 0.333. The molecule has 0 radical (unpaired) electrons. The molecule has 2 N–H and O–H groups in total. The van der Waals surface area contributed by atoms with Gasteiger partial charge in [0.05, 0.1) is 16.5 Å². The Balaban J connectivity index is 0.00000256. The highest BCUT2D eigenvalue weighted by molar-refractivity contribution is 6.42. The lowest BCUT2D eigenvalue weighted by Crippen LogP contribution is -2.21. The molecule has 0 amide bonds. The monoisotopic (exact) mass is 311 g/mol. The summed E-state index contributed by atoms with van der Waals surface area (Å²) in [5.74, 6) is -0.897. The van der Waals surface area contributed by atoms with Gasteiger partial charge in [-0.15, -0.1) is 12.4 Å². The molecule has 0 saturated carbocycles. The van der Waals surface area contributed by atoms with Crippen LogP contribution in [0.3, 0.4) is 0 Å². The van der Waals surface area contributed by atoms with Gasteiger partial charge in [0.2, 0.25) is 0 Å². The molecule has 98 valence electrons. The van der Waals surface area contributed by atoms with Gasteiger partial charge in [-0.1, -0.05) is 23.2 Å². The van der Waals surface area contributed by atoms with E-state index in [1.54, 1.807) is 0 Å². The molecule has 0 unspecified atom stereocenters. The van der Waals surface area contributed by atoms with Gasteiger partial charge in [0.15, 0.2) is 0 Å². The fourth-order valence-electron chi connectivity index (χ4n) is 1.23. The van der Waals surface area contributed by atoms with E-state index in [9.17, 15) is 17.6 Å². The molecule has 0 aliphatic carbocycles. The van der Waals surface area contributed by atoms with Crippen molar-refractivity contribution < 1.29 is 17.6 Å². The molecule has 0 aliphatic rings. The van der Waals surface area contributed by atoms with Crippen molar-refractivity contribution in [1.29, 1.82) is 0 Å². The zero-order valence-electron chi connectivity index (χ0n) is 8.19. The lowest BCUT2D eigenvalue weighted by atomic mass is 10.0. The molecule has 8 heteroatoms. The van der Waals surface area contributed by atoms with Crippen LogP contribution in [0.25, 0.3) is 0 Å². The minimum Gasteiger partial charge on any atom is -0.324 e. The van der Waals surface area contributed by atoms with E-state index in [1.807, 2.05) is 0 Å². The van der Waals surface area contributed by atoms with Crippen LogP contribution in [0.15, 0.2) is 12.1 Å². The lowest BCUT2D eigenvalue weighted by molar-refractivity contribution is -0.138. The molecule has 0 aromatic heterocycles. The van der Waals surface area contributed by atoms with Gasteiger partial charge in [0.25, 0.3) is 0 Å². The van der Waals surface area contributed by atoms with Gasteiger partial charge < -0.3 is 5.73 Å². The van der Waals surface area contributed by atoms with Crippen LogP contribution in [0.4, 0.5) is 17.6 Å². The SMILES string of the molecule is Cl.N[C@@H](CC(F)(F)F)c1c(F)ccc(Cl)c1Cl. The maximum absolute atomic E-state index is 13.3. The van der Waals surface area contributed by atoms with E-state index in [0.717, 1.165) is 12.1 Å². The number of benzene rings is 1. The third-order valence-electron chi connectivity index (χ3n) is 1.90. The van der Waals surface area contributed by atoms with Crippen molar-refractivity contribution in [2.24, 2.45) is 5.73 Å². The molecular weight excluding hydrogens is 304 g/mol. The van der Waals surface area contributed by atoms with Crippen LogP contribution in [0, 0.1) is 5.82 Å². The number of hydrogen-bond donors (Lipinski definition) is 1. The van der Waals surface area contributed by atoms with Crippen LogP contribution in [-0.2, 0) is 0 Å². The molecule has 0 aliphatic heterocycles. The van der Waals surface area contributed by atoms with Crippen LogP contribution < -0.4 is 5.73 Å². The maximum Gasteiger partial charge on any atom is 0.390 e. The highest BCUT2D eigenvalue weighted by Crippen LogP contribution is 2.36. The average molecular weight is 313 g/mol. The van der Waals surface area contributed by atoms with E-state index in [0.29, 0.717) is 0 Å². The van der Waals surface area contributed by atoms with Gasteiger partial charge in [0, 0.05) is 11.6 Å². The summed E-state index contributed by atoms with van der Waals surface area (Å²) in [5, 5.41) is -0.311. The van der Waals surface area contributed by atoms with E-state index in [1.165, 1.54) is 0 Å². The quantitative estimate of drug-likeness (QED) is 0.631. The molecular formula is C9H8Cl3F4N. The van der Waals surface area contributed by atoms with Crippen molar-refractivity contribution in [3.05, 3.63) is 33.6 Å². The van der Waals surface area contributed by atoms with E-state index in [4.69, 9.17) is 28.9 Å². The summed E-state index contributed by atoms with van der Waals surface area (Å²) in [7, 11) is 0. The highest BCUT2D eigenvalue weighted by atomic mass is 35.5. The predicted molar refractivity (Wildman–Crippen MR) is 61.3 cm³/mol. The number of hydrogen-bond acceptors (Lipinski definition) is 1. The Morgan fingerprint density at radius 1 is 1.24 bits per heavy atom. The Morgan fingerprint density at radius 2 is 1.76 bits per heavy atom. The normalized spacial score (nSPS) is 13.1. The molecule has 0 bridgehead atoms. The van der Waals surface area contributed by atoms with Gasteiger partial charge in [-0.25, -0.2) is 4.39 Å². The van der Waals surface area contributed by atoms with Crippen molar-refractivity contribution in [1.82, 2.24) is 0 Å². The number of rotatable bonds is 2. The van der Waals surface area contributed by atoms with Crippen molar-refractivity contribution in [2.45, 2.75) is 18.6 Å². The molecule has 0 fully saturated rings. The highest BCUT2D eigenvalue weighted by Gasteiger charge is 2.33. The summed E-state index contributed by atoms with van der Waals surface area (Å²) >= 11 is 11.2. The summed E-state index contributed by atoms with van der Waals surface area (Å²) in [6.45, 7) is 0. The zero-order chi connectivity index (χ0) is 12.5. The molecule has 0 saturated heterocycles. The van der Waals surface area contributed by atoms with Crippen LogP contribution in [0.5, 0.6) is 0 Å². The molecule has 1 nitrogen and oxygen atoms in total. The van der Waals surface area contributed by atoms with E-state index in [-0.39, 0.29) is 22.5 Å². The minimum atomic E-state index is -4.49. The second-order valence-corrected chi connectivity index (χ2v) is 3.97. The van der Waals surface area contributed by atoms with Crippen molar-refractivity contribution in [3.63, 3.8) is 0 Å². The number of alkyl halides is 3. The maximum atomic E-state index is 13.3. The van der Waals surface area contributed by atoms with Crippen molar-refractivity contribution in [2.75, 3.05) is 0 Å². The Morgan fingerprint density at radius 3 is 2.24 bits per heavy atom. The molecule has 1 rings (SSSR count). The second-order valence-electron chi connectivity index (χ2n) is 3.18. The third kappa shape index (κ3) is 4.50. The lowest BCUT2D eigenvalue weighted by Gasteiger charge is -2.17. The average Bonchev–Trinajstić information content (AvgIpc) is 2.09. The van der Waals surface area contributed by atoms with Gasteiger partial charge in [0.1, 0.15) is 5.82 Å². The second kappa shape index (κ2) is 6.09. The Bertz CT molecular complexity index is 395. The first-order valence-corrected chi connectivity index (χ1v) is 4.93. The first kappa shape index (κ1) is 16.8. The van der Waals surface area contributed by atoms with Gasteiger partial charge >= 0.3 is 6.18 Å². The fourth-order valence-corrected chi connectivity index (χ4v) is 1.69. The molecule has 0 heterocycles. The summed E-state index contributed by atoms with van der Waals surface area (Å²) in [5.41, 5.74) is 4.84. The summed E-state index contributed by atoms with van der Waals surface area (Å²) < 4.78 is 49.5. The number of nitrogens with two attached hydrogens (primary N) is 1. The topological polar surface area (TPSA) is 26.0 Å². The Hall–Kier alpha value is -0.230. The predicted octanol–water partition coefficient (Wildman–Crippen LogP) is 4.51. The van der Waals surface area contributed by atoms with E-state index < -0.39 is 30.0 Å². The van der Waals surface area contributed by atoms with E-state index in [2.05, 4.69) is 0 Å². The molecule has 1 aromatic rings. The van der Waals surface area contributed by atoms with Crippen molar-refractivity contribution in [3.8, 4) is 0 Å². The molecule has 1 aromatic carbocycles. The van der Waals surface area contributed by atoms with E-state index >= 15 is 0 Å². The van der Waals surface area contributed by atoms with Crippen LogP contribution in [0.2, 0.25) is 10.0 Å². The molecule has 17 heavy (non-hydrogen) atoms. The largest absolute Gasteiger partial charge is 0.390 e. The molecule has 0 spiro atoms. The summed E-state index contributed by atoms with van der Waals surface area (Å²) in [4.78, 5) is 0. The Labute approximate surface area is 111 Å². The van der Waals surface area contributed by atoms with Gasteiger partial charge in [-0.05, 0) is 12.1 Å².